The summed E-state index contributed by atoms with van der Waals surface area (Å²) in [6.07, 6.45) is 1.85. The molecule has 0 saturated heterocycles. The van der Waals surface area contributed by atoms with E-state index in [0.29, 0.717) is 5.82 Å². The Kier molecular flexibility index (Phi) is 4.56. The normalized spacial score (nSPS) is 10.8. The fourth-order valence-electron chi connectivity index (χ4n) is 1.98. The largest absolute Gasteiger partial charge is 0.309 e. The minimum atomic E-state index is -0.0397. The summed E-state index contributed by atoms with van der Waals surface area (Å²) in [4.78, 5) is 11.6. The van der Waals surface area contributed by atoms with Gasteiger partial charge in [0.1, 0.15) is 0 Å². The van der Waals surface area contributed by atoms with Crippen LogP contribution >= 0.6 is 0 Å². The number of anilines is 1. The molecule has 2 rings (SSSR count). The Bertz CT molecular complexity index is 587. The number of H-pyrrole nitrogens is 1. The number of nitrogens with one attached hydrogen (secondary N) is 2. The second-order valence-electron chi connectivity index (χ2n) is 5.35. The number of amides is 1. The van der Waals surface area contributed by atoms with E-state index in [4.69, 9.17) is 0 Å². The smallest absolute Gasteiger partial charge is 0.228 e. The van der Waals surface area contributed by atoms with Crippen molar-refractivity contribution in [3.63, 3.8) is 0 Å². The van der Waals surface area contributed by atoms with Crippen LogP contribution in [0.1, 0.15) is 30.7 Å². The highest BCUT2D eigenvalue weighted by molar-refractivity contribution is 5.91. The molecule has 0 bridgehead atoms. The van der Waals surface area contributed by atoms with E-state index in [9.17, 15) is 4.79 Å². The number of aryl methyl sites for hydroxylation is 3. The highest BCUT2D eigenvalue weighted by Gasteiger charge is 2.09. The van der Waals surface area contributed by atoms with E-state index in [-0.39, 0.29) is 11.8 Å². The lowest BCUT2D eigenvalue weighted by Gasteiger charge is -2.04. The zero-order chi connectivity index (χ0) is 14.5. The number of nitrogens with zero attached hydrogens (tertiary/aromatic N) is 1. The monoisotopic (exact) mass is 271 g/mol. The summed E-state index contributed by atoms with van der Waals surface area (Å²) in [6, 6.07) is 10.3. The molecule has 0 aliphatic heterocycles. The van der Waals surface area contributed by atoms with Gasteiger partial charge in [0.05, 0.1) is 0 Å². The fourth-order valence-corrected chi connectivity index (χ4v) is 1.98. The van der Waals surface area contributed by atoms with Crippen LogP contribution in [0, 0.1) is 12.8 Å². The molecule has 0 aliphatic rings. The fraction of sp³-hybridized carbons (Fsp3) is 0.375. The van der Waals surface area contributed by atoms with Crippen LogP contribution in [0.4, 0.5) is 5.82 Å². The highest BCUT2D eigenvalue weighted by atomic mass is 16.1. The average Bonchev–Trinajstić information content (AvgIpc) is 2.85. The van der Waals surface area contributed by atoms with Crippen LogP contribution in [0.15, 0.2) is 30.3 Å². The van der Waals surface area contributed by atoms with Crippen LogP contribution in [0.3, 0.4) is 0 Å². The average molecular weight is 271 g/mol. The number of carbonyl (C=O) groups is 1. The Morgan fingerprint density at radius 1 is 1.30 bits per heavy atom. The number of benzene rings is 1. The number of hydrogen-bond donors (Lipinski definition) is 2. The minimum absolute atomic E-state index is 0.0121. The Labute approximate surface area is 119 Å². The molecule has 2 N–H and O–H groups in total. The quantitative estimate of drug-likeness (QED) is 0.878. The summed E-state index contributed by atoms with van der Waals surface area (Å²) in [5.74, 6) is 0.549. The standard InChI is InChI=1S/C16H21N3O/c1-11(2)16(20)17-15-10-14(18-19-15)9-8-13-7-5-4-6-12(13)3/h4-7,10-11H,8-9H2,1-3H3,(H2,17,18,19,20). The van der Waals surface area contributed by atoms with Crippen LogP contribution < -0.4 is 5.32 Å². The molecule has 1 heterocycles. The van der Waals surface area contributed by atoms with E-state index in [1.165, 1.54) is 11.1 Å². The van der Waals surface area contributed by atoms with Gasteiger partial charge in [-0.3, -0.25) is 9.89 Å². The number of carbonyl (C=O) groups excluding carboxylic acids is 1. The van der Waals surface area contributed by atoms with Gasteiger partial charge in [0.2, 0.25) is 5.91 Å². The first kappa shape index (κ1) is 14.3. The number of aromatic nitrogens is 2. The zero-order valence-corrected chi connectivity index (χ0v) is 12.2. The second kappa shape index (κ2) is 6.37. The third-order valence-corrected chi connectivity index (χ3v) is 3.33. The molecule has 0 spiro atoms. The lowest BCUT2D eigenvalue weighted by atomic mass is 10.0. The molecular formula is C16H21N3O. The zero-order valence-electron chi connectivity index (χ0n) is 12.2. The first-order valence-electron chi connectivity index (χ1n) is 6.96. The molecule has 1 aromatic carbocycles. The topological polar surface area (TPSA) is 57.8 Å². The molecule has 0 aliphatic carbocycles. The number of hydrogen-bond acceptors (Lipinski definition) is 2. The molecule has 0 fully saturated rings. The first-order chi connectivity index (χ1) is 9.56. The molecule has 20 heavy (non-hydrogen) atoms. The van der Waals surface area contributed by atoms with Crippen LogP contribution in [-0.2, 0) is 17.6 Å². The Morgan fingerprint density at radius 2 is 2.05 bits per heavy atom. The maximum Gasteiger partial charge on any atom is 0.228 e. The van der Waals surface area contributed by atoms with Gasteiger partial charge in [0, 0.05) is 17.7 Å². The molecule has 0 radical (unpaired) electrons. The SMILES string of the molecule is Cc1ccccc1CCc1cc(NC(=O)C(C)C)n[nH]1. The summed E-state index contributed by atoms with van der Waals surface area (Å²) < 4.78 is 0. The van der Waals surface area contributed by atoms with Crippen molar-refractivity contribution in [2.75, 3.05) is 5.32 Å². The lowest BCUT2D eigenvalue weighted by molar-refractivity contribution is -0.118. The molecule has 0 unspecified atom stereocenters. The number of rotatable bonds is 5. The third-order valence-electron chi connectivity index (χ3n) is 3.33. The van der Waals surface area contributed by atoms with Gasteiger partial charge in [-0.05, 0) is 30.9 Å². The molecule has 4 heteroatoms. The van der Waals surface area contributed by atoms with Crippen LogP contribution in [0.25, 0.3) is 0 Å². The minimum Gasteiger partial charge on any atom is -0.309 e. The van der Waals surface area contributed by atoms with Gasteiger partial charge in [0.25, 0.3) is 0 Å². The molecule has 2 aromatic rings. The Hall–Kier alpha value is -2.10. The van der Waals surface area contributed by atoms with Crippen molar-refractivity contribution in [3.05, 3.63) is 47.2 Å². The summed E-state index contributed by atoms with van der Waals surface area (Å²) in [5, 5.41) is 9.88. The Balaban J connectivity index is 1.93. The molecule has 106 valence electrons. The van der Waals surface area contributed by atoms with E-state index in [1.807, 2.05) is 19.9 Å². The van der Waals surface area contributed by atoms with Crippen molar-refractivity contribution in [1.29, 1.82) is 0 Å². The summed E-state index contributed by atoms with van der Waals surface area (Å²) in [7, 11) is 0. The van der Waals surface area contributed by atoms with Crippen molar-refractivity contribution >= 4 is 11.7 Å². The lowest BCUT2D eigenvalue weighted by Crippen LogP contribution is -2.17. The molecule has 1 aromatic heterocycles. The molecule has 4 nitrogen and oxygen atoms in total. The summed E-state index contributed by atoms with van der Waals surface area (Å²) in [5.41, 5.74) is 3.68. The summed E-state index contributed by atoms with van der Waals surface area (Å²) in [6.45, 7) is 5.85. The van der Waals surface area contributed by atoms with Gasteiger partial charge in [-0.1, -0.05) is 38.1 Å². The van der Waals surface area contributed by atoms with E-state index in [0.717, 1.165) is 18.5 Å². The maximum atomic E-state index is 11.6. The molecule has 0 saturated carbocycles. The van der Waals surface area contributed by atoms with Gasteiger partial charge in [0.15, 0.2) is 5.82 Å². The number of aromatic amines is 1. The summed E-state index contributed by atoms with van der Waals surface area (Å²) >= 11 is 0. The van der Waals surface area contributed by atoms with Crippen LogP contribution in [0.5, 0.6) is 0 Å². The maximum absolute atomic E-state index is 11.6. The van der Waals surface area contributed by atoms with Crippen molar-refractivity contribution < 1.29 is 4.79 Å². The second-order valence-corrected chi connectivity index (χ2v) is 5.35. The van der Waals surface area contributed by atoms with Gasteiger partial charge >= 0.3 is 0 Å². The molecule has 1 amide bonds. The van der Waals surface area contributed by atoms with Crippen LogP contribution in [0.2, 0.25) is 0 Å². The van der Waals surface area contributed by atoms with E-state index in [2.05, 4.69) is 46.7 Å². The Morgan fingerprint density at radius 3 is 2.75 bits per heavy atom. The van der Waals surface area contributed by atoms with Crippen molar-refractivity contribution in [1.82, 2.24) is 10.2 Å². The predicted molar refractivity (Wildman–Crippen MR) is 80.6 cm³/mol. The van der Waals surface area contributed by atoms with Crippen molar-refractivity contribution in [3.8, 4) is 0 Å². The van der Waals surface area contributed by atoms with Gasteiger partial charge < -0.3 is 5.32 Å². The highest BCUT2D eigenvalue weighted by Crippen LogP contribution is 2.13. The van der Waals surface area contributed by atoms with Crippen molar-refractivity contribution in [2.45, 2.75) is 33.6 Å². The van der Waals surface area contributed by atoms with Crippen LogP contribution in [-0.4, -0.2) is 16.1 Å². The first-order valence-corrected chi connectivity index (χ1v) is 6.96. The third kappa shape index (κ3) is 3.70. The van der Waals surface area contributed by atoms with Gasteiger partial charge in [-0.25, -0.2) is 0 Å². The van der Waals surface area contributed by atoms with E-state index in [1.54, 1.807) is 0 Å². The van der Waals surface area contributed by atoms with E-state index >= 15 is 0 Å². The molecule has 0 atom stereocenters. The van der Waals surface area contributed by atoms with Gasteiger partial charge in [-0.2, -0.15) is 5.10 Å². The molecular weight excluding hydrogens is 250 g/mol. The van der Waals surface area contributed by atoms with Crippen molar-refractivity contribution in [2.24, 2.45) is 5.92 Å². The van der Waals surface area contributed by atoms with E-state index < -0.39 is 0 Å². The predicted octanol–water partition coefficient (Wildman–Crippen LogP) is 3.10. The van der Waals surface area contributed by atoms with Gasteiger partial charge in [-0.15, -0.1) is 0 Å².